The summed E-state index contributed by atoms with van der Waals surface area (Å²) < 4.78 is 28.3. The van der Waals surface area contributed by atoms with Gasteiger partial charge in [-0.05, 0) is 11.8 Å². The van der Waals surface area contributed by atoms with Gasteiger partial charge in [-0.2, -0.15) is 8.78 Å². The summed E-state index contributed by atoms with van der Waals surface area (Å²) in [5.41, 5.74) is -0.227. The molecule has 1 aromatic rings. The summed E-state index contributed by atoms with van der Waals surface area (Å²) in [6.07, 6.45) is 0. The van der Waals surface area contributed by atoms with Crippen molar-refractivity contribution in [1.29, 1.82) is 0 Å². The van der Waals surface area contributed by atoms with E-state index in [0.717, 1.165) is 13.1 Å². The Labute approximate surface area is 110 Å². The molecule has 3 nitrogen and oxygen atoms in total. The van der Waals surface area contributed by atoms with Crippen LogP contribution in [0.4, 0.5) is 8.78 Å². The lowest BCUT2D eigenvalue weighted by Gasteiger charge is -2.24. The van der Waals surface area contributed by atoms with Gasteiger partial charge in [0.25, 0.3) is 5.91 Å². The smallest absolute Gasteiger partial charge is 0.336 e. The number of hydrogen-bond donors (Lipinski definition) is 1. The molecule has 19 heavy (non-hydrogen) atoms. The van der Waals surface area contributed by atoms with E-state index in [4.69, 9.17) is 0 Å². The minimum atomic E-state index is -3.42. The van der Waals surface area contributed by atoms with Gasteiger partial charge < -0.3 is 10.2 Å². The van der Waals surface area contributed by atoms with Crippen LogP contribution in [0.3, 0.4) is 0 Å². The highest BCUT2D eigenvalue weighted by Gasteiger charge is 2.48. The highest BCUT2D eigenvalue weighted by atomic mass is 19.3. The standard InChI is InChI=1S/C14H16F2N2O/c15-14(16,12-4-2-1-3-5-12)13(19)18-8-10-6-17-7-11(10)9-18/h1-5,10-11,17H,6-9H2/t10-,11+. The second kappa shape index (κ2) is 4.56. The van der Waals surface area contributed by atoms with Crippen LogP contribution in [0.15, 0.2) is 30.3 Å². The van der Waals surface area contributed by atoms with Crippen molar-refractivity contribution in [3.8, 4) is 0 Å². The van der Waals surface area contributed by atoms with Crippen molar-refractivity contribution in [1.82, 2.24) is 10.2 Å². The summed E-state index contributed by atoms with van der Waals surface area (Å²) in [5, 5.41) is 3.23. The van der Waals surface area contributed by atoms with Crippen molar-refractivity contribution >= 4 is 5.91 Å². The molecule has 0 bridgehead atoms. The molecule has 2 fully saturated rings. The molecular formula is C14H16F2N2O. The maximum Gasteiger partial charge on any atom is 0.349 e. The molecule has 3 rings (SSSR count). The lowest BCUT2D eigenvalue weighted by molar-refractivity contribution is -0.158. The second-order valence-electron chi connectivity index (χ2n) is 5.33. The predicted octanol–water partition coefficient (Wildman–Crippen LogP) is 1.46. The third-order valence-corrected chi connectivity index (χ3v) is 4.08. The van der Waals surface area contributed by atoms with E-state index in [0.29, 0.717) is 24.9 Å². The van der Waals surface area contributed by atoms with Crippen LogP contribution < -0.4 is 5.32 Å². The summed E-state index contributed by atoms with van der Waals surface area (Å²) >= 11 is 0. The van der Waals surface area contributed by atoms with E-state index in [1.165, 1.54) is 29.2 Å². The molecule has 0 radical (unpaired) electrons. The van der Waals surface area contributed by atoms with E-state index < -0.39 is 11.8 Å². The van der Waals surface area contributed by atoms with Gasteiger partial charge in [-0.1, -0.05) is 30.3 Å². The first kappa shape index (κ1) is 12.5. The topological polar surface area (TPSA) is 32.3 Å². The Morgan fingerprint density at radius 3 is 2.32 bits per heavy atom. The number of carbonyl (C=O) groups is 1. The molecule has 1 aromatic carbocycles. The molecule has 2 atom stereocenters. The fourth-order valence-electron chi connectivity index (χ4n) is 2.99. The molecule has 1 amide bonds. The van der Waals surface area contributed by atoms with Crippen molar-refractivity contribution in [2.45, 2.75) is 5.92 Å². The van der Waals surface area contributed by atoms with Crippen molar-refractivity contribution in [2.24, 2.45) is 11.8 Å². The zero-order valence-corrected chi connectivity index (χ0v) is 10.5. The molecule has 0 unspecified atom stereocenters. The van der Waals surface area contributed by atoms with Gasteiger partial charge in [0.15, 0.2) is 0 Å². The van der Waals surface area contributed by atoms with Crippen molar-refractivity contribution in [3.05, 3.63) is 35.9 Å². The molecule has 1 N–H and O–H groups in total. The quantitative estimate of drug-likeness (QED) is 0.879. The third-order valence-electron chi connectivity index (χ3n) is 4.08. The molecular weight excluding hydrogens is 250 g/mol. The highest BCUT2D eigenvalue weighted by molar-refractivity contribution is 5.85. The Kier molecular flexibility index (Phi) is 3.01. The van der Waals surface area contributed by atoms with Crippen LogP contribution >= 0.6 is 0 Å². The number of alkyl halides is 2. The summed E-state index contributed by atoms with van der Waals surface area (Å²) in [6.45, 7) is 2.54. The molecule has 0 aromatic heterocycles. The van der Waals surface area contributed by atoms with Crippen molar-refractivity contribution < 1.29 is 13.6 Å². The normalized spacial score (nSPS) is 26.5. The number of likely N-dealkylation sites (tertiary alicyclic amines) is 1. The number of benzene rings is 1. The van der Waals surface area contributed by atoms with Crippen molar-refractivity contribution in [2.75, 3.05) is 26.2 Å². The first-order chi connectivity index (χ1) is 9.09. The van der Waals surface area contributed by atoms with E-state index in [9.17, 15) is 13.6 Å². The van der Waals surface area contributed by atoms with Gasteiger partial charge >= 0.3 is 5.92 Å². The summed E-state index contributed by atoms with van der Waals surface area (Å²) in [5.74, 6) is -3.83. The largest absolute Gasteiger partial charge is 0.349 e. The Morgan fingerprint density at radius 2 is 1.74 bits per heavy atom. The van der Waals surface area contributed by atoms with Crippen LogP contribution in [0.25, 0.3) is 0 Å². The fourth-order valence-corrected chi connectivity index (χ4v) is 2.99. The van der Waals surface area contributed by atoms with Gasteiger partial charge in [0.05, 0.1) is 0 Å². The van der Waals surface area contributed by atoms with Crippen LogP contribution in [0.1, 0.15) is 5.56 Å². The molecule has 0 aliphatic carbocycles. The highest BCUT2D eigenvalue weighted by Crippen LogP contribution is 2.34. The molecule has 5 heteroatoms. The number of nitrogens with one attached hydrogen (secondary N) is 1. The maximum atomic E-state index is 14.2. The molecule has 2 saturated heterocycles. The van der Waals surface area contributed by atoms with Crippen LogP contribution in [0, 0.1) is 11.8 Å². The van der Waals surface area contributed by atoms with Crippen LogP contribution in [0.2, 0.25) is 0 Å². The number of rotatable bonds is 2. The lowest BCUT2D eigenvalue weighted by Crippen LogP contribution is -2.41. The number of fused-ring (bicyclic) bond motifs is 1. The summed E-state index contributed by atoms with van der Waals surface area (Å²) in [4.78, 5) is 13.4. The van der Waals surface area contributed by atoms with E-state index in [2.05, 4.69) is 5.32 Å². The monoisotopic (exact) mass is 266 g/mol. The SMILES string of the molecule is O=C(N1C[C@H]2CNC[C@H]2C1)C(F)(F)c1ccccc1. The molecule has 102 valence electrons. The predicted molar refractivity (Wildman–Crippen MR) is 66.8 cm³/mol. The first-order valence-electron chi connectivity index (χ1n) is 6.52. The summed E-state index contributed by atoms with van der Waals surface area (Å²) in [7, 11) is 0. The minimum Gasteiger partial charge on any atom is -0.336 e. The molecule has 2 aliphatic heterocycles. The number of nitrogens with zero attached hydrogens (tertiary/aromatic N) is 1. The number of carbonyl (C=O) groups excluding carboxylic acids is 1. The number of halogens is 2. The van der Waals surface area contributed by atoms with Gasteiger partial charge in [-0.3, -0.25) is 4.79 Å². The average Bonchev–Trinajstić information content (AvgIpc) is 2.99. The molecule has 2 heterocycles. The van der Waals surface area contributed by atoms with E-state index in [-0.39, 0.29) is 5.56 Å². The third kappa shape index (κ3) is 2.12. The zero-order valence-electron chi connectivity index (χ0n) is 10.5. The number of hydrogen-bond acceptors (Lipinski definition) is 2. The molecule has 2 aliphatic rings. The Hall–Kier alpha value is -1.49. The Bertz CT molecular complexity index is 466. The van der Waals surface area contributed by atoms with E-state index >= 15 is 0 Å². The molecule has 0 saturated carbocycles. The minimum absolute atomic E-state index is 0.227. The van der Waals surface area contributed by atoms with E-state index in [1.54, 1.807) is 6.07 Å². The van der Waals surface area contributed by atoms with Crippen LogP contribution in [-0.2, 0) is 10.7 Å². The number of amides is 1. The maximum absolute atomic E-state index is 14.2. The van der Waals surface area contributed by atoms with Gasteiger partial charge in [-0.25, -0.2) is 0 Å². The van der Waals surface area contributed by atoms with Gasteiger partial charge in [0, 0.05) is 31.7 Å². The fraction of sp³-hybridized carbons (Fsp3) is 0.500. The first-order valence-corrected chi connectivity index (χ1v) is 6.52. The average molecular weight is 266 g/mol. The summed E-state index contributed by atoms with van der Waals surface area (Å²) in [6, 6.07) is 7.32. The van der Waals surface area contributed by atoms with Crippen LogP contribution in [-0.4, -0.2) is 37.0 Å². The van der Waals surface area contributed by atoms with E-state index in [1.807, 2.05) is 0 Å². The Balaban J connectivity index is 1.77. The lowest BCUT2D eigenvalue weighted by atomic mass is 10.0. The van der Waals surface area contributed by atoms with Crippen molar-refractivity contribution in [3.63, 3.8) is 0 Å². The van der Waals surface area contributed by atoms with Gasteiger partial charge in [0.1, 0.15) is 0 Å². The van der Waals surface area contributed by atoms with Gasteiger partial charge in [-0.15, -0.1) is 0 Å². The van der Waals surface area contributed by atoms with Crippen LogP contribution in [0.5, 0.6) is 0 Å². The Morgan fingerprint density at radius 1 is 1.16 bits per heavy atom. The zero-order chi connectivity index (χ0) is 13.5. The van der Waals surface area contributed by atoms with Gasteiger partial charge in [0.2, 0.25) is 0 Å². The second-order valence-corrected chi connectivity index (χ2v) is 5.33. The molecule has 0 spiro atoms.